The van der Waals surface area contributed by atoms with E-state index in [0.29, 0.717) is 6.04 Å². The highest BCUT2D eigenvalue weighted by Gasteiger charge is 2.31. The van der Waals surface area contributed by atoms with E-state index in [1.807, 2.05) is 35.3 Å². The summed E-state index contributed by atoms with van der Waals surface area (Å²) in [5, 5.41) is 18.1. The first-order valence-corrected chi connectivity index (χ1v) is 8.32. The second-order valence-electron chi connectivity index (χ2n) is 6.19. The lowest BCUT2D eigenvalue weighted by atomic mass is 10.0. The van der Waals surface area contributed by atoms with Gasteiger partial charge in [0.2, 0.25) is 0 Å². The minimum Gasteiger partial charge on any atom is -0.539 e. The van der Waals surface area contributed by atoms with Crippen LogP contribution in [0.15, 0.2) is 35.3 Å². The maximum absolute atomic E-state index is 12.1. The first-order valence-electron chi connectivity index (χ1n) is 8.32. The van der Waals surface area contributed by atoms with Gasteiger partial charge in [-0.25, -0.2) is 9.80 Å². The Morgan fingerprint density at radius 2 is 1.81 bits per heavy atom. The maximum atomic E-state index is 12.1. The van der Waals surface area contributed by atoms with E-state index < -0.39 is 11.9 Å². The minimum absolute atomic E-state index is 0. The molecule has 0 saturated carbocycles. The molecule has 1 saturated heterocycles. The van der Waals surface area contributed by atoms with E-state index in [1.54, 1.807) is 4.90 Å². The molecule has 1 amide bonds. The second kappa shape index (κ2) is 10.2. The SMILES string of the molecule is C[NH+]1CCC(N2NC(c3ccccc3)=NCC2=O)CC1.O.O=C([O-])C(=O)O. The van der Waals surface area contributed by atoms with Crippen molar-refractivity contribution in [3.05, 3.63) is 35.9 Å². The molecule has 2 aliphatic heterocycles. The molecule has 148 valence electrons. The Kier molecular flexibility index (Phi) is 8.36. The number of amidine groups is 1. The van der Waals surface area contributed by atoms with Gasteiger partial charge >= 0.3 is 5.97 Å². The number of quaternary nitrogens is 1. The second-order valence-corrected chi connectivity index (χ2v) is 6.19. The van der Waals surface area contributed by atoms with Gasteiger partial charge in [-0.1, -0.05) is 30.3 Å². The third-order valence-corrected chi connectivity index (χ3v) is 4.26. The molecule has 0 radical (unpaired) electrons. The quantitative estimate of drug-likeness (QED) is 0.451. The normalized spacial score (nSPS) is 21.6. The molecule has 27 heavy (non-hydrogen) atoms. The molecule has 0 aliphatic carbocycles. The van der Waals surface area contributed by atoms with Gasteiger partial charge in [0.25, 0.3) is 5.91 Å². The summed E-state index contributed by atoms with van der Waals surface area (Å²) >= 11 is 0. The minimum atomic E-state index is -2.07. The zero-order valence-electron chi connectivity index (χ0n) is 15.0. The van der Waals surface area contributed by atoms with Gasteiger partial charge in [0.15, 0.2) is 5.97 Å². The molecular weight excluding hydrogens is 356 g/mol. The van der Waals surface area contributed by atoms with Crippen LogP contribution in [0.25, 0.3) is 0 Å². The van der Waals surface area contributed by atoms with Crippen LogP contribution in [0.5, 0.6) is 0 Å². The molecule has 1 aromatic rings. The Balaban J connectivity index is 0.000000456. The van der Waals surface area contributed by atoms with Gasteiger partial charge in [0.05, 0.1) is 26.2 Å². The van der Waals surface area contributed by atoms with Crippen molar-refractivity contribution < 1.29 is 35.0 Å². The van der Waals surface area contributed by atoms with E-state index in [1.165, 1.54) is 0 Å². The van der Waals surface area contributed by atoms with E-state index in [4.69, 9.17) is 19.8 Å². The van der Waals surface area contributed by atoms with Crippen LogP contribution in [0.1, 0.15) is 18.4 Å². The summed E-state index contributed by atoms with van der Waals surface area (Å²) in [5.41, 5.74) is 4.26. The number of carbonyl (C=O) groups is 3. The fourth-order valence-electron chi connectivity index (χ4n) is 2.84. The van der Waals surface area contributed by atoms with Crippen LogP contribution in [0, 0.1) is 0 Å². The largest absolute Gasteiger partial charge is 0.539 e. The molecule has 0 unspecified atom stereocenters. The molecule has 0 aromatic heterocycles. The first kappa shape index (κ1) is 22.1. The molecule has 5 N–H and O–H groups in total. The predicted octanol–water partition coefficient (Wildman–Crippen LogP) is -3.55. The summed E-state index contributed by atoms with van der Waals surface area (Å²) in [6.45, 7) is 2.48. The Morgan fingerprint density at radius 1 is 1.26 bits per heavy atom. The average Bonchev–Trinajstić information content (AvgIpc) is 2.64. The summed E-state index contributed by atoms with van der Waals surface area (Å²) in [6, 6.07) is 10.3. The van der Waals surface area contributed by atoms with Crippen molar-refractivity contribution in [2.24, 2.45) is 4.99 Å². The van der Waals surface area contributed by atoms with Gasteiger partial charge in [-0.3, -0.25) is 15.2 Å². The number of carbonyl (C=O) groups excluding carboxylic acids is 2. The van der Waals surface area contributed by atoms with Crippen molar-refractivity contribution in [3.8, 4) is 0 Å². The lowest BCUT2D eigenvalue weighted by molar-refractivity contribution is -0.885. The Hall–Kier alpha value is -2.98. The van der Waals surface area contributed by atoms with E-state index in [-0.39, 0.29) is 17.9 Å². The third kappa shape index (κ3) is 6.35. The molecule has 0 atom stereocenters. The molecule has 10 nitrogen and oxygen atoms in total. The average molecular weight is 380 g/mol. The number of nitrogens with one attached hydrogen (secondary N) is 2. The lowest BCUT2D eigenvalue weighted by Crippen LogP contribution is -3.10. The fourth-order valence-corrected chi connectivity index (χ4v) is 2.84. The summed E-state index contributed by atoms with van der Waals surface area (Å²) in [4.78, 5) is 36.0. The van der Waals surface area contributed by atoms with Crippen molar-refractivity contribution >= 4 is 23.7 Å². The molecule has 3 rings (SSSR count). The highest BCUT2D eigenvalue weighted by Crippen LogP contribution is 2.12. The van der Waals surface area contributed by atoms with Gasteiger partial charge in [-0.2, -0.15) is 0 Å². The van der Waals surface area contributed by atoms with Crippen LogP contribution in [-0.2, 0) is 14.4 Å². The van der Waals surface area contributed by atoms with Crippen LogP contribution in [0.3, 0.4) is 0 Å². The van der Waals surface area contributed by atoms with E-state index in [9.17, 15) is 4.79 Å². The molecule has 1 aromatic carbocycles. The van der Waals surface area contributed by atoms with Gasteiger partial charge in [0.1, 0.15) is 12.4 Å². The van der Waals surface area contributed by atoms with Gasteiger partial charge in [-0.15, -0.1) is 0 Å². The zero-order chi connectivity index (χ0) is 19.1. The van der Waals surface area contributed by atoms with Crippen molar-refractivity contribution in [1.82, 2.24) is 10.4 Å². The van der Waals surface area contributed by atoms with E-state index in [2.05, 4.69) is 17.5 Å². The summed E-state index contributed by atoms with van der Waals surface area (Å²) in [5.74, 6) is -3.13. The monoisotopic (exact) mass is 380 g/mol. The standard InChI is InChI=1S/C15H20N4O.C2H2O4.H2O/c1-18-9-7-13(8-10-18)19-14(20)11-16-15(17-19)12-5-3-2-4-6-12;3-1(4)2(5)6;/h2-6,13H,7-11H2,1H3,(H,16,17);(H,3,4)(H,5,6);1H2. The van der Waals surface area contributed by atoms with Crippen molar-refractivity contribution in [1.29, 1.82) is 0 Å². The van der Waals surface area contributed by atoms with Crippen LogP contribution in [-0.4, -0.2) is 72.0 Å². The highest BCUT2D eigenvalue weighted by molar-refractivity contribution is 6.26. The van der Waals surface area contributed by atoms with Crippen LogP contribution in [0.2, 0.25) is 0 Å². The number of benzene rings is 1. The highest BCUT2D eigenvalue weighted by atomic mass is 16.4. The number of hydrazine groups is 1. The third-order valence-electron chi connectivity index (χ3n) is 4.26. The van der Waals surface area contributed by atoms with Crippen molar-refractivity contribution in [3.63, 3.8) is 0 Å². The molecule has 0 spiro atoms. The smallest absolute Gasteiger partial charge is 0.351 e. The molecule has 10 heteroatoms. The predicted molar refractivity (Wildman–Crippen MR) is 93.7 cm³/mol. The zero-order valence-corrected chi connectivity index (χ0v) is 15.0. The van der Waals surface area contributed by atoms with E-state index >= 15 is 0 Å². The van der Waals surface area contributed by atoms with Gasteiger partial charge < -0.3 is 25.4 Å². The van der Waals surface area contributed by atoms with E-state index in [0.717, 1.165) is 37.3 Å². The molecular formula is C17H24N4O6. The number of rotatable bonds is 2. The number of piperidine rings is 1. The number of amides is 1. The molecule has 2 aliphatic rings. The van der Waals surface area contributed by atoms with Gasteiger partial charge in [-0.05, 0) is 0 Å². The molecule has 2 heterocycles. The van der Waals surface area contributed by atoms with Crippen molar-refractivity contribution in [2.45, 2.75) is 18.9 Å². The number of hydrogen-bond donors (Lipinski definition) is 3. The molecule has 0 bridgehead atoms. The van der Waals surface area contributed by atoms with Crippen LogP contribution in [0.4, 0.5) is 0 Å². The van der Waals surface area contributed by atoms with Crippen molar-refractivity contribution in [2.75, 3.05) is 26.7 Å². The number of aliphatic carboxylic acids is 2. The lowest BCUT2D eigenvalue weighted by Gasteiger charge is -2.37. The van der Waals surface area contributed by atoms with Crippen LogP contribution >= 0.6 is 0 Å². The first-order chi connectivity index (χ1) is 12.4. The summed E-state index contributed by atoms with van der Waals surface area (Å²) < 4.78 is 0. The summed E-state index contributed by atoms with van der Waals surface area (Å²) in [6.07, 6.45) is 2.10. The fraction of sp³-hybridized carbons (Fsp3) is 0.412. The van der Waals surface area contributed by atoms with Crippen LogP contribution < -0.4 is 15.4 Å². The number of carboxylic acid groups (broad SMARTS) is 2. The number of carboxylic acids is 2. The van der Waals surface area contributed by atoms with Gasteiger partial charge in [0, 0.05) is 18.4 Å². The number of hydrogen-bond acceptors (Lipinski definition) is 6. The Bertz CT molecular complexity index is 674. The number of nitrogens with zero attached hydrogens (tertiary/aromatic N) is 2. The maximum Gasteiger partial charge on any atom is 0.351 e. The topological polar surface area (TPSA) is 158 Å². The Morgan fingerprint density at radius 3 is 2.33 bits per heavy atom. The molecule has 1 fully saturated rings. The Labute approximate surface area is 156 Å². The number of likely N-dealkylation sites (tertiary alicyclic amines) is 1. The number of aliphatic imine (C=N–C) groups is 1. The summed E-state index contributed by atoms with van der Waals surface area (Å²) in [7, 11) is 2.21.